The topological polar surface area (TPSA) is 62.2 Å². The van der Waals surface area contributed by atoms with Crippen LogP contribution in [0.2, 0.25) is 5.02 Å². The number of nitrogens with one attached hydrogen (secondary N) is 1. The smallest absolute Gasteiger partial charge is 0.266 e. The molecule has 2 aromatic carbocycles. The lowest BCUT2D eigenvalue weighted by Gasteiger charge is -2.27. The van der Waals surface area contributed by atoms with Gasteiger partial charge in [-0.3, -0.25) is 4.79 Å². The molecule has 1 amide bonds. The van der Waals surface area contributed by atoms with Crippen molar-refractivity contribution in [1.29, 1.82) is 0 Å². The largest absolute Gasteiger partial charge is 0.372 e. The van der Waals surface area contributed by atoms with E-state index in [-0.39, 0.29) is 5.82 Å². The predicted molar refractivity (Wildman–Crippen MR) is 93.8 cm³/mol. The quantitative estimate of drug-likeness (QED) is 0.764. The van der Waals surface area contributed by atoms with Crippen LogP contribution in [0.25, 0.3) is 0 Å². The van der Waals surface area contributed by atoms with Crippen molar-refractivity contribution in [3.63, 3.8) is 0 Å². The molecule has 1 heterocycles. The van der Waals surface area contributed by atoms with Gasteiger partial charge >= 0.3 is 0 Å². The number of aromatic nitrogens is 1. The van der Waals surface area contributed by atoms with Crippen molar-refractivity contribution in [2.45, 2.75) is 5.60 Å². The zero-order chi connectivity index (χ0) is 17.0. The number of halogens is 1. The van der Waals surface area contributed by atoms with Gasteiger partial charge in [0.1, 0.15) is 5.82 Å². The third-order valence-electron chi connectivity index (χ3n) is 3.68. The van der Waals surface area contributed by atoms with Gasteiger partial charge in [0.2, 0.25) is 0 Å². The molecule has 4 nitrogen and oxygen atoms in total. The molecule has 0 saturated carbocycles. The molecular weight excluding hydrogens is 324 g/mol. The van der Waals surface area contributed by atoms with Gasteiger partial charge in [-0.1, -0.05) is 72.3 Å². The summed E-state index contributed by atoms with van der Waals surface area (Å²) in [5.41, 5.74) is -0.904. The second kappa shape index (κ2) is 6.83. The zero-order valence-electron chi connectivity index (χ0n) is 12.7. The molecule has 3 aromatic rings. The Balaban J connectivity index is 2.03. The van der Waals surface area contributed by atoms with Crippen LogP contribution in [0.5, 0.6) is 0 Å². The third-order valence-corrected chi connectivity index (χ3v) is 3.91. The van der Waals surface area contributed by atoms with Gasteiger partial charge in [-0.15, -0.1) is 0 Å². The standard InChI is InChI=1S/C19H15ClN2O2/c20-16-11-12-21-17(13-16)22-18(23)19(24,14-7-3-1-4-8-14)15-9-5-2-6-10-15/h1-13,24H,(H,21,22,23). The van der Waals surface area contributed by atoms with Crippen LogP contribution in [0.1, 0.15) is 11.1 Å². The summed E-state index contributed by atoms with van der Waals surface area (Å²) in [6, 6.07) is 20.7. The minimum atomic E-state index is -1.84. The molecule has 3 rings (SSSR count). The van der Waals surface area contributed by atoms with Gasteiger partial charge < -0.3 is 10.4 Å². The highest BCUT2D eigenvalue weighted by Gasteiger charge is 2.40. The van der Waals surface area contributed by atoms with Crippen molar-refractivity contribution < 1.29 is 9.90 Å². The van der Waals surface area contributed by atoms with Gasteiger partial charge in [0, 0.05) is 11.2 Å². The number of rotatable bonds is 4. The number of nitrogens with zero attached hydrogens (tertiary/aromatic N) is 1. The van der Waals surface area contributed by atoms with Crippen LogP contribution in [0.3, 0.4) is 0 Å². The lowest BCUT2D eigenvalue weighted by molar-refractivity contribution is -0.131. The molecule has 120 valence electrons. The van der Waals surface area contributed by atoms with Crippen molar-refractivity contribution in [1.82, 2.24) is 4.98 Å². The number of anilines is 1. The summed E-state index contributed by atoms with van der Waals surface area (Å²) >= 11 is 5.92. The molecule has 0 aliphatic rings. The maximum absolute atomic E-state index is 12.9. The van der Waals surface area contributed by atoms with Gasteiger partial charge in [-0.25, -0.2) is 4.98 Å². The molecule has 5 heteroatoms. The Hall–Kier alpha value is -2.69. The normalized spacial score (nSPS) is 11.1. The number of carbonyl (C=O) groups is 1. The van der Waals surface area contributed by atoms with Crippen LogP contribution in [0.15, 0.2) is 79.0 Å². The molecule has 24 heavy (non-hydrogen) atoms. The first-order chi connectivity index (χ1) is 11.6. The molecular formula is C19H15ClN2O2. The van der Waals surface area contributed by atoms with E-state index in [0.717, 1.165) is 0 Å². The second-order valence-corrected chi connectivity index (χ2v) is 5.69. The van der Waals surface area contributed by atoms with Crippen molar-refractivity contribution in [3.8, 4) is 0 Å². The van der Waals surface area contributed by atoms with Crippen molar-refractivity contribution in [2.24, 2.45) is 0 Å². The molecule has 0 aliphatic heterocycles. The molecule has 0 atom stereocenters. The number of pyridine rings is 1. The minimum Gasteiger partial charge on any atom is -0.372 e. The summed E-state index contributed by atoms with van der Waals surface area (Å²) in [7, 11) is 0. The SMILES string of the molecule is O=C(Nc1cc(Cl)ccn1)C(O)(c1ccccc1)c1ccccc1. The lowest BCUT2D eigenvalue weighted by Crippen LogP contribution is -2.41. The molecule has 0 fully saturated rings. The number of benzene rings is 2. The number of hydrogen-bond acceptors (Lipinski definition) is 3. The number of aliphatic hydroxyl groups is 1. The van der Waals surface area contributed by atoms with Crippen molar-refractivity contribution in [2.75, 3.05) is 5.32 Å². The van der Waals surface area contributed by atoms with E-state index in [4.69, 9.17) is 11.6 Å². The van der Waals surface area contributed by atoms with Crippen LogP contribution >= 0.6 is 11.6 Å². The van der Waals surface area contributed by atoms with Crippen molar-refractivity contribution in [3.05, 3.63) is 95.1 Å². The van der Waals surface area contributed by atoms with Gasteiger partial charge in [0.05, 0.1) is 0 Å². The average Bonchev–Trinajstić information content (AvgIpc) is 2.62. The second-order valence-electron chi connectivity index (χ2n) is 5.26. The Morgan fingerprint density at radius 1 is 0.958 bits per heavy atom. The molecule has 0 radical (unpaired) electrons. The Morgan fingerprint density at radius 2 is 1.50 bits per heavy atom. The van der Waals surface area contributed by atoms with E-state index in [2.05, 4.69) is 10.3 Å². The highest BCUT2D eigenvalue weighted by molar-refractivity contribution is 6.30. The van der Waals surface area contributed by atoms with E-state index in [1.807, 2.05) is 12.1 Å². The molecule has 0 saturated heterocycles. The van der Waals surface area contributed by atoms with Gasteiger partial charge in [-0.2, -0.15) is 0 Å². The number of hydrogen-bond donors (Lipinski definition) is 2. The molecule has 0 unspecified atom stereocenters. The average molecular weight is 339 g/mol. The lowest BCUT2D eigenvalue weighted by atomic mass is 9.85. The predicted octanol–water partition coefficient (Wildman–Crippen LogP) is 3.61. The fourth-order valence-electron chi connectivity index (χ4n) is 2.47. The van der Waals surface area contributed by atoms with E-state index in [0.29, 0.717) is 16.1 Å². The molecule has 0 bridgehead atoms. The highest BCUT2D eigenvalue weighted by atomic mass is 35.5. The fourth-order valence-corrected chi connectivity index (χ4v) is 2.63. The maximum Gasteiger partial charge on any atom is 0.266 e. The van der Waals surface area contributed by atoms with E-state index in [1.165, 1.54) is 12.3 Å². The Morgan fingerprint density at radius 3 is 2.00 bits per heavy atom. The fraction of sp³-hybridized carbons (Fsp3) is 0.0526. The zero-order valence-corrected chi connectivity index (χ0v) is 13.4. The van der Waals surface area contributed by atoms with Crippen molar-refractivity contribution >= 4 is 23.3 Å². The van der Waals surface area contributed by atoms with E-state index in [9.17, 15) is 9.90 Å². The summed E-state index contributed by atoms with van der Waals surface area (Å²) in [5, 5.41) is 14.4. The minimum absolute atomic E-state index is 0.276. The number of amides is 1. The van der Waals surface area contributed by atoms with Crippen LogP contribution in [-0.2, 0) is 10.4 Å². The summed E-state index contributed by atoms with van der Waals surface area (Å²) < 4.78 is 0. The summed E-state index contributed by atoms with van der Waals surface area (Å²) in [4.78, 5) is 17.0. The van der Waals surface area contributed by atoms with Crippen LogP contribution in [0, 0.1) is 0 Å². The van der Waals surface area contributed by atoms with Gasteiger partial charge in [0.15, 0.2) is 5.60 Å². The van der Waals surface area contributed by atoms with Gasteiger partial charge in [-0.05, 0) is 23.3 Å². The van der Waals surface area contributed by atoms with E-state index >= 15 is 0 Å². The first-order valence-corrected chi connectivity index (χ1v) is 7.75. The molecule has 1 aromatic heterocycles. The Labute approximate surface area is 144 Å². The van der Waals surface area contributed by atoms with E-state index < -0.39 is 11.5 Å². The van der Waals surface area contributed by atoms with Crippen LogP contribution in [-0.4, -0.2) is 16.0 Å². The molecule has 2 N–H and O–H groups in total. The monoisotopic (exact) mass is 338 g/mol. The maximum atomic E-state index is 12.9. The highest BCUT2D eigenvalue weighted by Crippen LogP contribution is 2.31. The Bertz CT molecular complexity index is 799. The summed E-state index contributed by atoms with van der Waals surface area (Å²) in [6.07, 6.45) is 1.49. The van der Waals surface area contributed by atoms with E-state index in [1.54, 1.807) is 54.6 Å². The molecule has 0 spiro atoms. The number of carbonyl (C=O) groups excluding carboxylic acids is 1. The first kappa shape index (κ1) is 16.2. The summed E-state index contributed by atoms with van der Waals surface area (Å²) in [6.45, 7) is 0. The molecule has 0 aliphatic carbocycles. The summed E-state index contributed by atoms with van der Waals surface area (Å²) in [5.74, 6) is -0.326. The third kappa shape index (κ3) is 3.15. The van der Waals surface area contributed by atoms with Crippen LogP contribution in [0.4, 0.5) is 5.82 Å². The van der Waals surface area contributed by atoms with Crippen LogP contribution < -0.4 is 5.32 Å². The van der Waals surface area contributed by atoms with Gasteiger partial charge in [0.25, 0.3) is 5.91 Å². The Kier molecular flexibility index (Phi) is 4.60. The first-order valence-electron chi connectivity index (χ1n) is 7.37.